The predicted molar refractivity (Wildman–Crippen MR) is 80.1 cm³/mol. The van der Waals surface area contributed by atoms with Crippen LogP contribution in [0.2, 0.25) is 0 Å². The second kappa shape index (κ2) is 5.44. The number of thioether (sulfide) groups is 1. The standard InChI is InChI=1S/C14H18N4OS/c1-10-5-7-17(8-6-10)14(19)18-13-4-3-11(20-2)9-12(13)15-16-18/h3-4,9-10H,5-8H2,1-2H3. The first kappa shape index (κ1) is 13.4. The Balaban J connectivity index is 1.88. The normalized spacial score (nSPS) is 16.8. The number of hydrogen-bond donors (Lipinski definition) is 0. The molecule has 1 fully saturated rings. The summed E-state index contributed by atoms with van der Waals surface area (Å²) in [5.41, 5.74) is 1.56. The van der Waals surface area contributed by atoms with Crippen LogP contribution in [-0.2, 0) is 0 Å². The third kappa shape index (κ3) is 2.40. The van der Waals surface area contributed by atoms with Gasteiger partial charge in [0, 0.05) is 18.0 Å². The van der Waals surface area contributed by atoms with Gasteiger partial charge in [0.1, 0.15) is 5.52 Å². The Hall–Kier alpha value is -1.56. The average Bonchev–Trinajstić information content (AvgIpc) is 2.90. The number of piperidine rings is 1. The summed E-state index contributed by atoms with van der Waals surface area (Å²) in [5.74, 6) is 0.704. The lowest BCUT2D eigenvalue weighted by atomic mass is 10.00. The first-order valence-corrected chi connectivity index (χ1v) is 8.10. The Morgan fingerprint density at radius 1 is 1.35 bits per heavy atom. The highest BCUT2D eigenvalue weighted by Crippen LogP contribution is 2.22. The van der Waals surface area contributed by atoms with E-state index in [1.807, 2.05) is 29.4 Å². The summed E-state index contributed by atoms with van der Waals surface area (Å²) < 4.78 is 1.43. The van der Waals surface area contributed by atoms with Gasteiger partial charge in [-0.15, -0.1) is 16.9 Å². The molecule has 1 amide bonds. The number of carbonyl (C=O) groups is 1. The van der Waals surface area contributed by atoms with Crippen LogP contribution < -0.4 is 0 Å². The fourth-order valence-electron chi connectivity index (χ4n) is 2.51. The number of rotatable bonds is 1. The van der Waals surface area contributed by atoms with Gasteiger partial charge in [-0.2, -0.15) is 4.68 Å². The molecule has 3 rings (SSSR count). The number of likely N-dealkylation sites (tertiary alicyclic amines) is 1. The van der Waals surface area contributed by atoms with E-state index in [9.17, 15) is 4.79 Å². The van der Waals surface area contributed by atoms with E-state index < -0.39 is 0 Å². The average molecular weight is 290 g/mol. The smallest absolute Gasteiger partial charge is 0.323 e. The molecule has 2 heterocycles. The molecule has 0 spiro atoms. The summed E-state index contributed by atoms with van der Waals surface area (Å²) in [6.07, 6.45) is 4.15. The SMILES string of the molecule is CSc1ccc2c(c1)nnn2C(=O)N1CCC(C)CC1. The van der Waals surface area contributed by atoms with Crippen molar-refractivity contribution in [1.29, 1.82) is 0 Å². The van der Waals surface area contributed by atoms with E-state index in [1.54, 1.807) is 11.8 Å². The Morgan fingerprint density at radius 3 is 2.80 bits per heavy atom. The molecule has 0 N–H and O–H groups in total. The molecule has 1 aliphatic heterocycles. The third-order valence-corrected chi connectivity index (χ3v) is 4.61. The van der Waals surface area contributed by atoms with Gasteiger partial charge in [0.2, 0.25) is 0 Å². The molecule has 1 aromatic carbocycles. The molecule has 1 aromatic heterocycles. The molecule has 0 radical (unpaired) electrons. The van der Waals surface area contributed by atoms with Crippen LogP contribution in [0.5, 0.6) is 0 Å². The molecule has 20 heavy (non-hydrogen) atoms. The fraction of sp³-hybridized carbons (Fsp3) is 0.500. The summed E-state index contributed by atoms with van der Waals surface area (Å²) in [4.78, 5) is 15.5. The van der Waals surface area contributed by atoms with Gasteiger partial charge < -0.3 is 4.90 Å². The zero-order chi connectivity index (χ0) is 14.1. The molecule has 0 bridgehead atoms. The fourth-order valence-corrected chi connectivity index (χ4v) is 2.94. The summed E-state index contributed by atoms with van der Waals surface area (Å²) in [5, 5.41) is 8.14. The van der Waals surface area contributed by atoms with Gasteiger partial charge in [-0.1, -0.05) is 12.1 Å². The molecular weight excluding hydrogens is 272 g/mol. The van der Waals surface area contributed by atoms with Crippen LogP contribution >= 0.6 is 11.8 Å². The minimum Gasteiger partial charge on any atom is -0.323 e. The van der Waals surface area contributed by atoms with Crippen LogP contribution in [0.1, 0.15) is 19.8 Å². The molecular formula is C14H18N4OS. The second-order valence-electron chi connectivity index (χ2n) is 5.31. The van der Waals surface area contributed by atoms with E-state index in [0.29, 0.717) is 5.92 Å². The summed E-state index contributed by atoms with van der Waals surface area (Å²) >= 11 is 1.66. The van der Waals surface area contributed by atoms with Crippen LogP contribution in [0.3, 0.4) is 0 Å². The first-order valence-electron chi connectivity index (χ1n) is 6.88. The Morgan fingerprint density at radius 2 is 2.10 bits per heavy atom. The Labute approximate surface area is 122 Å². The quantitative estimate of drug-likeness (QED) is 0.758. The van der Waals surface area contributed by atoms with Gasteiger partial charge >= 0.3 is 6.03 Å². The summed E-state index contributed by atoms with van der Waals surface area (Å²) in [6, 6.07) is 5.83. The highest BCUT2D eigenvalue weighted by atomic mass is 32.2. The molecule has 6 heteroatoms. The number of carbonyl (C=O) groups excluding carboxylic acids is 1. The van der Waals surface area contributed by atoms with Gasteiger partial charge in [0.15, 0.2) is 0 Å². The predicted octanol–water partition coefficient (Wildman–Crippen LogP) is 2.85. The summed E-state index contributed by atoms with van der Waals surface area (Å²) in [6.45, 7) is 3.85. The minimum absolute atomic E-state index is 0.0590. The highest BCUT2D eigenvalue weighted by molar-refractivity contribution is 7.98. The van der Waals surface area contributed by atoms with Crippen molar-refractivity contribution < 1.29 is 4.79 Å². The van der Waals surface area contributed by atoms with Crippen LogP contribution in [0, 0.1) is 5.92 Å². The maximum Gasteiger partial charge on any atom is 0.346 e. The van der Waals surface area contributed by atoms with E-state index in [-0.39, 0.29) is 6.03 Å². The van der Waals surface area contributed by atoms with Crippen molar-refractivity contribution in [1.82, 2.24) is 19.9 Å². The van der Waals surface area contributed by atoms with Gasteiger partial charge in [-0.3, -0.25) is 0 Å². The molecule has 2 aromatic rings. The number of hydrogen-bond acceptors (Lipinski definition) is 4. The molecule has 0 saturated carbocycles. The zero-order valence-corrected chi connectivity index (χ0v) is 12.6. The van der Waals surface area contributed by atoms with Gasteiger partial charge in [0.05, 0.1) is 5.52 Å². The number of benzene rings is 1. The van der Waals surface area contributed by atoms with Crippen LogP contribution in [0.15, 0.2) is 23.1 Å². The van der Waals surface area contributed by atoms with Crippen LogP contribution in [0.4, 0.5) is 4.79 Å². The molecule has 1 aliphatic rings. The van der Waals surface area contributed by atoms with E-state index in [0.717, 1.165) is 41.9 Å². The van der Waals surface area contributed by atoms with Gasteiger partial charge in [-0.05, 0) is 43.2 Å². The lowest BCUT2D eigenvalue weighted by Crippen LogP contribution is -2.40. The third-order valence-electron chi connectivity index (χ3n) is 3.89. The van der Waals surface area contributed by atoms with E-state index >= 15 is 0 Å². The Bertz CT molecular complexity index is 631. The lowest BCUT2D eigenvalue weighted by Gasteiger charge is -2.29. The van der Waals surface area contributed by atoms with Crippen LogP contribution in [-0.4, -0.2) is 45.3 Å². The number of aromatic nitrogens is 3. The van der Waals surface area contributed by atoms with Crippen molar-refractivity contribution in [2.24, 2.45) is 5.92 Å². The number of amides is 1. The lowest BCUT2D eigenvalue weighted by molar-refractivity contribution is 0.173. The molecule has 106 valence electrons. The van der Waals surface area contributed by atoms with Gasteiger partial charge in [-0.25, -0.2) is 4.79 Å². The molecule has 0 atom stereocenters. The van der Waals surface area contributed by atoms with E-state index in [2.05, 4.69) is 17.2 Å². The summed E-state index contributed by atoms with van der Waals surface area (Å²) in [7, 11) is 0. The zero-order valence-electron chi connectivity index (χ0n) is 11.7. The van der Waals surface area contributed by atoms with Crippen molar-refractivity contribution in [3.63, 3.8) is 0 Å². The van der Waals surface area contributed by atoms with Crippen molar-refractivity contribution in [3.8, 4) is 0 Å². The second-order valence-corrected chi connectivity index (χ2v) is 6.19. The van der Waals surface area contributed by atoms with Gasteiger partial charge in [0.25, 0.3) is 0 Å². The van der Waals surface area contributed by atoms with Crippen molar-refractivity contribution in [2.45, 2.75) is 24.7 Å². The molecule has 0 unspecified atom stereocenters. The van der Waals surface area contributed by atoms with Crippen LogP contribution in [0.25, 0.3) is 11.0 Å². The molecule has 5 nitrogen and oxygen atoms in total. The molecule has 1 saturated heterocycles. The Kier molecular flexibility index (Phi) is 3.65. The minimum atomic E-state index is -0.0590. The maximum atomic E-state index is 12.5. The van der Waals surface area contributed by atoms with Crippen molar-refractivity contribution >= 4 is 28.8 Å². The topological polar surface area (TPSA) is 51.0 Å². The largest absolute Gasteiger partial charge is 0.346 e. The monoisotopic (exact) mass is 290 g/mol. The van der Waals surface area contributed by atoms with Crippen molar-refractivity contribution in [3.05, 3.63) is 18.2 Å². The number of nitrogens with zero attached hydrogens (tertiary/aromatic N) is 4. The van der Waals surface area contributed by atoms with Crippen molar-refractivity contribution in [2.75, 3.05) is 19.3 Å². The molecule has 0 aliphatic carbocycles. The maximum absolute atomic E-state index is 12.5. The van der Waals surface area contributed by atoms with E-state index in [1.165, 1.54) is 4.68 Å². The first-order chi connectivity index (χ1) is 9.69. The number of fused-ring (bicyclic) bond motifs is 1. The highest BCUT2D eigenvalue weighted by Gasteiger charge is 2.23. The van der Waals surface area contributed by atoms with E-state index in [4.69, 9.17) is 0 Å².